The minimum Gasteiger partial charge on any atom is -0.507 e. The number of nitrogens with zero attached hydrogens (tertiary/aromatic N) is 3. The maximum atomic E-state index is 12.8. The molecule has 3 aromatic rings. The standard InChI is InChI=1S/C20H18F3N3O2/c1-11-12(2)18(19(28-3)13-5-4-8-24-10-13)26-25-17(11)15-7-6-14(9-16(15)27)20(21,22)23/h4-10,19,27H,1-3H3. The zero-order valence-electron chi connectivity index (χ0n) is 15.4. The molecule has 0 aliphatic heterocycles. The van der Waals surface area contributed by atoms with Crippen LogP contribution in [-0.2, 0) is 10.9 Å². The summed E-state index contributed by atoms with van der Waals surface area (Å²) in [5.74, 6) is -0.505. The van der Waals surface area contributed by atoms with Gasteiger partial charge >= 0.3 is 6.18 Å². The van der Waals surface area contributed by atoms with Crippen LogP contribution in [0.15, 0.2) is 42.7 Å². The number of phenols is 1. The number of pyridine rings is 1. The van der Waals surface area contributed by atoms with Crippen molar-refractivity contribution in [2.24, 2.45) is 0 Å². The average Bonchev–Trinajstić information content (AvgIpc) is 2.66. The highest BCUT2D eigenvalue weighted by Gasteiger charge is 2.31. The fourth-order valence-electron chi connectivity index (χ4n) is 2.97. The average molecular weight is 389 g/mol. The van der Waals surface area contributed by atoms with Gasteiger partial charge < -0.3 is 9.84 Å². The molecule has 5 nitrogen and oxygen atoms in total. The molecular weight excluding hydrogens is 371 g/mol. The number of hydrogen-bond donors (Lipinski definition) is 1. The topological polar surface area (TPSA) is 68.1 Å². The summed E-state index contributed by atoms with van der Waals surface area (Å²) in [6.45, 7) is 3.60. The monoisotopic (exact) mass is 389 g/mol. The highest BCUT2D eigenvalue weighted by molar-refractivity contribution is 5.71. The SMILES string of the molecule is COC(c1cccnc1)c1nnc(-c2ccc(C(F)(F)F)cc2O)c(C)c1C. The van der Waals surface area contributed by atoms with Crippen LogP contribution in [0.25, 0.3) is 11.3 Å². The molecule has 1 aromatic carbocycles. The first-order valence-electron chi connectivity index (χ1n) is 8.41. The van der Waals surface area contributed by atoms with Crippen LogP contribution in [0.2, 0.25) is 0 Å². The van der Waals surface area contributed by atoms with Gasteiger partial charge in [0.1, 0.15) is 11.9 Å². The Bertz CT molecular complexity index is 992. The van der Waals surface area contributed by atoms with Gasteiger partial charge in [0.2, 0.25) is 0 Å². The van der Waals surface area contributed by atoms with E-state index in [2.05, 4.69) is 15.2 Å². The number of alkyl halides is 3. The Morgan fingerprint density at radius 1 is 1.07 bits per heavy atom. The Morgan fingerprint density at radius 3 is 2.39 bits per heavy atom. The zero-order chi connectivity index (χ0) is 20.5. The number of halogens is 3. The Hall–Kier alpha value is -3.00. The Morgan fingerprint density at radius 2 is 1.82 bits per heavy atom. The van der Waals surface area contributed by atoms with Gasteiger partial charge in [0, 0.05) is 30.6 Å². The van der Waals surface area contributed by atoms with E-state index in [4.69, 9.17) is 4.74 Å². The van der Waals surface area contributed by atoms with Gasteiger partial charge in [-0.1, -0.05) is 6.07 Å². The summed E-state index contributed by atoms with van der Waals surface area (Å²) in [5, 5.41) is 18.5. The van der Waals surface area contributed by atoms with Crippen LogP contribution in [0.3, 0.4) is 0 Å². The lowest BCUT2D eigenvalue weighted by Crippen LogP contribution is -2.12. The van der Waals surface area contributed by atoms with Gasteiger partial charge in [-0.25, -0.2) is 0 Å². The molecule has 28 heavy (non-hydrogen) atoms. The van der Waals surface area contributed by atoms with E-state index in [-0.39, 0.29) is 5.56 Å². The van der Waals surface area contributed by atoms with Gasteiger partial charge in [-0.15, -0.1) is 5.10 Å². The molecule has 1 unspecified atom stereocenters. The molecule has 0 bridgehead atoms. The van der Waals surface area contributed by atoms with Crippen LogP contribution < -0.4 is 0 Å². The predicted octanol–water partition coefficient (Wildman–Crippen LogP) is 4.62. The summed E-state index contributed by atoms with van der Waals surface area (Å²) in [6, 6.07) is 6.43. The number of aromatic nitrogens is 3. The fourth-order valence-corrected chi connectivity index (χ4v) is 2.97. The summed E-state index contributed by atoms with van der Waals surface area (Å²) >= 11 is 0. The Balaban J connectivity index is 2.06. The number of ether oxygens (including phenoxy) is 1. The molecule has 0 spiro atoms. The van der Waals surface area contributed by atoms with E-state index in [1.54, 1.807) is 32.5 Å². The second-order valence-electron chi connectivity index (χ2n) is 6.32. The Kier molecular flexibility index (Phi) is 5.33. The number of rotatable bonds is 4. The van der Waals surface area contributed by atoms with Crippen LogP contribution in [0.1, 0.15) is 34.1 Å². The van der Waals surface area contributed by atoms with Crippen LogP contribution in [0.4, 0.5) is 13.2 Å². The highest BCUT2D eigenvalue weighted by Crippen LogP contribution is 2.38. The zero-order valence-corrected chi connectivity index (χ0v) is 15.4. The molecule has 3 rings (SSSR count). The van der Waals surface area contributed by atoms with Crippen LogP contribution >= 0.6 is 0 Å². The lowest BCUT2D eigenvalue weighted by Gasteiger charge is -2.19. The van der Waals surface area contributed by atoms with Crippen molar-refractivity contribution in [3.8, 4) is 17.0 Å². The second-order valence-corrected chi connectivity index (χ2v) is 6.32. The maximum absolute atomic E-state index is 12.8. The summed E-state index contributed by atoms with van der Waals surface area (Å²) in [5.41, 5.74) is 2.39. The van der Waals surface area contributed by atoms with Crippen molar-refractivity contribution in [2.45, 2.75) is 26.1 Å². The van der Waals surface area contributed by atoms with E-state index in [1.165, 1.54) is 6.07 Å². The third kappa shape index (κ3) is 3.68. The second kappa shape index (κ2) is 7.55. The minimum absolute atomic E-state index is 0.183. The van der Waals surface area contributed by atoms with E-state index >= 15 is 0 Å². The first-order valence-corrected chi connectivity index (χ1v) is 8.41. The highest BCUT2D eigenvalue weighted by atomic mass is 19.4. The van der Waals surface area contributed by atoms with Gasteiger partial charge in [-0.05, 0) is 49.2 Å². The lowest BCUT2D eigenvalue weighted by atomic mass is 9.97. The van der Waals surface area contributed by atoms with Crippen molar-refractivity contribution in [3.63, 3.8) is 0 Å². The number of benzene rings is 1. The molecule has 146 valence electrons. The summed E-state index contributed by atoms with van der Waals surface area (Å²) < 4.78 is 44.1. The van der Waals surface area contributed by atoms with Gasteiger partial charge in [0.25, 0.3) is 0 Å². The van der Waals surface area contributed by atoms with Gasteiger partial charge in [0.15, 0.2) is 0 Å². The first kappa shape index (κ1) is 19.8. The van der Waals surface area contributed by atoms with Gasteiger partial charge in [0.05, 0.1) is 17.0 Å². The minimum atomic E-state index is -4.54. The molecule has 0 fully saturated rings. The van der Waals surface area contributed by atoms with Crippen molar-refractivity contribution in [3.05, 3.63) is 70.7 Å². The quantitative estimate of drug-likeness (QED) is 0.705. The maximum Gasteiger partial charge on any atom is 0.416 e. The van der Waals surface area contributed by atoms with Crippen molar-refractivity contribution >= 4 is 0 Å². The van der Waals surface area contributed by atoms with E-state index in [9.17, 15) is 18.3 Å². The normalized spacial score (nSPS) is 12.8. The molecule has 1 atom stereocenters. The molecule has 2 heterocycles. The third-order valence-electron chi connectivity index (χ3n) is 4.61. The summed E-state index contributed by atoms with van der Waals surface area (Å²) in [7, 11) is 1.55. The third-order valence-corrected chi connectivity index (χ3v) is 4.61. The number of phenolic OH excluding ortho intramolecular Hbond substituents is 1. The van der Waals surface area contributed by atoms with Crippen molar-refractivity contribution in [2.75, 3.05) is 7.11 Å². The molecule has 0 saturated heterocycles. The predicted molar refractivity (Wildman–Crippen MR) is 96.7 cm³/mol. The van der Waals surface area contributed by atoms with Crippen LogP contribution in [0, 0.1) is 13.8 Å². The van der Waals surface area contributed by atoms with E-state index in [0.717, 1.165) is 17.2 Å². The number of aromatic hydroxyl groups is 1. The number of hydrogen-bond acceptors (Lipinski definition) is 5. The largest absolute Gasteiger partial charge is 0.507 e. The molecule has 0 amide bonds. The molecule has 0 radical (unpaired) electrons. The summed E-state index contributed by atoms with van der Waals surface area (Å²) in [4.78, 5) is 4.08. The summed E-state index contributed by atoms with van der Waals surface area (Å²) in [6.07, 6.45) is -1.71. The fraction of sp³-hybridized carbons (Fsp3) is 0.250. The molecule has 2 aromatic heterocycles. The van der Waals surface area contributed by atoms with Crippen LogP contribution in [-0.4, -0.2) is 27.4 Å². The molecule has 0 aliphatic rings. The van der Waals surface area contributed by atoms with E-state index < -0.39 is 23.6 Å². The molecular formula is C20H18F3N3O2. The van der Waals surface area contributed by atoms with Crippen molar-refractivity contribution < 1.29 is 23.0 Å². The van der Waals surface area contributed by atoms with Crippen molar-refractivity contribution in [1.29, 1.82) is 0 Å². The van der Waals surface area contributed by atoms with Crippen LogP contribution in [0.5, 0.6) is 5.75 Å². The van der Waals surface area contributed by atoms with E-state index in [1.807, 2.05) is 13.0 Å². The van der Waals surface area contributed by atoms with Gasteiger partial charge in [-0.2, -0.15) is 18.3 Å². The van der Waals surface area contributed by atoms with E-state index in [0.29, 0.717) is 23.0 Å². The van der Waals surface area contributed by atoms with Crippen molar-refractivity contribution in [1.82, 2.24) is 15.2 Å². The smallest absolute Gasteiger partial charge is 0.416 e. The molecule has 8 heteroatoms. The molecule has 1 N–H and O–H groups in total. The molecule has 0 saturated carbocycles. The molecule has 0 aliphatic carbocycles. The van der Waals surface area contributed by atoms with Gasteiger partial charge in [-0.3, -0.25) is 4.98 Å². The first-order chi connectivity index (χ1) is 13.2. The number of methoxy groups -OCH3 is 1. The Labute approximate surface area is 159 Å². The lowest BCUT2D eigenvalue weighted by molar-refractivity contribution is -0.137.